The number of halogens is 1. The molecule has 1 N–H and O–H groups in total. The zero-order valence-corrected chi connectivity index (χ0v) is 15.9. The topological polar surface area (TPSA) is 41.6 Å². The number of carbonyl (C=O) groups is 1. The minimum Gasteiger partial charge on any atom is -0.444 e. The van der Waals surface area contributed by atoms with E-state index in [0.29, 0.717) is 5.92 Å². The van der Waals surface area contributed by atoms with Gasteiger partial charge in [0.25, 0.3) is 0 Å². The van der Waals surface area contributed by atoms with Crippen LogP contribution in [0.5, 0.6) is 0 Å². The first-order valence-electron chi connectivity index (χ1n) is 9.07. The van der Waals surface area contributed by atoms with Gasteiger partial charge in [-0.1, -0.05) is 18.5 Å². The van der Waals surface area contributed by atoms with Crippen molar-refractivity contribution in [3.05, 3.63) is 22.3 Å². The number of ether oxygens (including phenoxy) is 1. The summed E-state index contributed by atoms with van der Waals surface area (Å²) in [5, 5.41) is 4.42. The highest BCUT2D eigenvalue weighted by molar-refractivity contribution is 6.30. The first kappa shape index (κ1) is 17.8. The molecule has 0 radical (unpaired) electrons. The molecule has 0 aromatic rings. The second-order valence-corrected chi connectivity index (χ2v) is 8.64. The molecule has 4 nitrogen and oxygen atoms in total. The molecule has 5 heteroatoms. The van der Waals surface area contributed by atoms with Gasteiger partial charge in [0.05, 0.1) is 0 Å². The molecule has 134 valence electrons. The predicted octanol–water partition coefficient (Wildman–Crippen LogP) is 4.06. The van der Waals surface area contributed by atoms with E-state index in [9.17, 15) is 4.79 Å². The van der Waals surface area contributed by atoms with E-state index in [1.54, 1.807) is 0 Å². The van der Waals surface area contributed by atoms with Crippen molar-refractivity contribution in [2.24, 2.45) is 11.8 Å². The van der Waals surface area contributed by atoms with Crippen molar-refractivity contribution in [1.29, 1.82) is 0 Å². The van der Waals surface area contributed by atoms with Crippen LogP contribution < -0.4 is 5.32 Å². The molecular formula is C19H29ClN2O2. The largest absolute Gasteiger partial charge is 0.444 e. The number of nitrogens with one attached hydrogen (secondary N) is 1. The standard InChI is InChI=1S/C19H29ClN2O2/c1-12-15(20)10-13-7-8-21-11-14(13)17(12)16-6-5-9-22(16)18(23)24-19(2,3)4/h10,12,16-17,21H,5-9,11H2,1-4H3/t12?,16-,17?/m0/s1. The quantitative estimate of drug-likeness (QED) is 0.773. The van der Waals surface area contributed by atoms with Gasteiger partial charge >= 0.3 is 6.09 Å². The van der Waals surface area contributed by atoms with Crippen molar-refractivity contribution in [3.8, 4) is 0 Å². The maximum atomic E-state index is 12.7. The van der Waals surface area contributed by atoms with Crippen LogP contribution in [0.2, 0.25) is 0 Å². The van der Waals surface area contributed by atoms with E-state index in [1.807, 2.05) is 25.7 Å². The molecule has 2 aliphatic heterocycles. The van der Waals surface area contributed by atoms with Gasteiger partial charge in [0.15, 0.2) is 0 Å². The highest BCUT2D eigenvalue weighted by Gasteiger charge is 2.43. The van der Waals surface area contributed by atoms with Gasteiger partial charge in [-0.05, 0) is 63.8 Å². The number of hydrogen-bond acceptors (Lipinski definition) is 3. The Morgan fingerprint density at radius 2 is 2.17 bits per heavy atom. The minimum atomic E-state index is -0.462. The Morgan fingerprint density at radius 3 is 2.88 bits per heavy atom. The fraction of sp³-hybridized carbons (Fsp3) is 0.737. The van der Waals surface area contributed by atoms with Gasteiger partial charge in [0, 0.05) is 36.0 Å². The summed E-state index contributed by atoms with van der Waals surface area (Å²) in [7, 11) is 0. The van der Waals surface area contributed by atoms with Crippen LogP contribution >= 0.6 is 11.6 Å². The molecule has 1 amide bonds. The average Bonchev–Trinajstić information content (AvgIpc) is 2.96. The number of allylic oxidation sites excluding steroid dienone is 2. The van der Waals surface area contributed by atoms with Crippen LogP contribution in [0, 0.1) is 11.8 Å². The van der Waals surface area contributed by atoms with Crippen molar-refractivity contribution >= 4 is 17.7 Å². The molecule has 3 rings (SSSR count). The molecule has 0 saturated carbocycles. The molecule has 2 unspecified atom stereocenters. The lowest BCUT2D eigenvalue weighted by Gasteiger charge is -2.41. The maximum absolute atomic E-state index is 12.7. The average molecular weight is 353 g/mol. The second-order valence-electron chi connectivity index (χ2n) is 8.20. The van der Waals surface area contributed by atoms with E-state index in [0.717, 1.165) is 43.9 Å². The van der Waals surface area contributed by atoms with Gasteiger partial charge in [-0.2, -0.15) is 0 Å². The van der Waals surface area contributed by atoms with Gasteiger partial charge in [-0.25, -0.2) is 4.79 Å². The lowest BCUT2D eigenvalue weighted by Crippen LogP contribution is -2.47. The van der Waals surface area contributed by atoms with Crippen LogP contribution in [0.15, 0.2) is 22.3 Å². The number of nitrogens with zero attached hydrogens (tertiary/aromatic N) is 1. The van der Waals surface area contributed by atoms with E-state index in [1.165, 1.54) is 11.1 Å². The Balaban J connectivity index is 1.87. The summed E-state index contributed by atoms with van der Waals surface area (Å²) in [5.74, 6) is 0.540. The minimum absolute atomic E-state index is 0.183. The molecule has 1 aliphatic carbocycles. The van der Waals surface area contributed by atoms with E-state index in [2.05, 4.69) is 18.3 Å². The van der Waals surface area contributed by atoms with Crippen LogP contribution in [-0.2, 0) is 4.74 Å². The number of rotatable bonds is 1. The van der Waals surface area contributed by atoms with Crippen LogP contribution in [0.3, 0.4) is 0 Å². The summed E-state index contributed by atoms with van der Waals surface area (Å²) in [6, 6.07) is 0.183. The maximum Gasteiger partial charge on any atom is 0.410 e. The molecule has 0 bridgehead atoms. The first-order valence-corrected chi connectivity index (χ1v) is 9.45. The lowest BCUT2D eigenvalue weighted by atomic mass is 9.73. The Morgan fingerprint density at radius 1 is 1.42 bits per heavy atom. The fourth-order valence-corrected chi connectivity index (χ4v) is 4.53. The molecule has 1 fully saturated rings. The summed E-state index contributed by atoms with van der Waals surface area (Å²) >= 11 is 6.57. The van der Waals surface area contributed by atoms with E-state index in [4.69, 9.17) is 16.3 Å². The zero-order chi connectivity index (χ0) is 17.5. The van der Waals surface area contributed by atoms with Crippen LogP contribution in [0.4, 0.5) is 4.79 Å². The number of carbonyl (C=O) groups excluding carboxylic acids is 1. The van der Waals surface area contributed by atoms with Crippen molar-refractivity contribution in [2.75, 3.05) is 19.6 Å². The van der Waals surface area contributed by atoms with E-state index in [-0.39, 0.29) is 18.1 Å². The lowest BCUT2D eigenvalue weighted by molar-refractivity contribution is 0.0174. The van der Waals surface area contributed by atoms with Crippen molar-refractivity contribution < 1.29 is 9.53 Å². The Kier molecular flexibility index (Phi) is 4.99. The summed E-state index contributed by atoms with van der Waals surface area (Å²) in [4.78, 5) is 14.6. The van der Waals surface area contributed by atoms with Gasteiger partial charge in [-0.15, -0.1) is 0 Å². The number of hydrogen-bond donors (Lipinski definition) is 1. The number of likely N-dealkylation sites (tertiary alicyclic amines) is 1. The Labute approximate surface area is 150 Å². The van der Waals surface area contributed by atoms with Crippen LogP contribution in [0.25, 0.3) is 0 Å². The SMILES string of the molecule is CC1C(Cl)=CC2=C(CNCC2)C1[C@@H]1CCCN1C(=O)OC(C)(C)C. The van der Waals surface area contributed by atoms with Gasteiger partial charge in [0.1, 0.15) is 5.60 Å². The zero-order valence-electron chi connectivity index (χ0n) is 15.2. The molecule has 0 spiro atoms. The highest BCUT2D eigenvalue weighted by Crippen LogP contribution is 2.44. The smallest absolute Gasteiger partial charge is 0.410 e. The van der Waals surface area contributed by atoms with E-state index >= 15 is 0 Å². The highest BCUT2D eigenvalue weighted by atomic mass is 35.5. The summed E-state index contributed by atoms with van der Waals surface area (Å²) in [6.45, 7) is 10.6. The molecule has 1 saturated heterocycles. The third-order valence-electron chi connectivity index (χ3n) is 5.33. The molecule has 2 heterocycles. The van der Waals surface area contributed by atoms with Gasteiger partial charge < -0.3 is 15.0 Å². The molecular weight excluding hydrogens is 324 g/mol. The van der Waals surface area contributed by atoms with Crippen molar-refractivity contribution in [2.45, 2.75) is 58.6 Å². The van der Waals surface area contributed by atoms with Crippen LogP contribution in [0.1, 0.15) is 47.0 Å². The predicted molar refractivity (Wildman–Crippen MR) is 97.1 cm³/mol. The molecule has 0 aromatic carbocycles. The van der Waals surface area contributed by atoms with Crippen molar-refractivity contribution in [3.63, 3.8) is 0 Å². The van der Waals surface area contributed by atoms with E-state index < -0.39 is 5.60 Å². The monoisotopic (exact) mass is 352 g/mol. The van der Waals surface area contributed by atoms with Gasteiger partial charge in [-0.3, -0.25) is 0 Å². The first-order chi connectivity index (χ1) is 11.3. The summed E-state index contributed by atoms with van der Waals surface area (Å²) in [6.07, 6.45) is 5.05. The summed E-state index contributed by atoms with van der Waals surface area (Å²) < 4.78 is 5.65. The fourth-order valence-electron chi connectivity index (χ4n) is 4.27. The molecule has 0 aromatic heterocycles. The Bertz CT molecular complexity index is 576. The third kappa shape index (κ3) is 3.50. The second kappa shape index (κ2) is 6.72. The molecule has 24 heavy (non-hydrogen) atoms. The van der Waals surface area contributed by atoms with Crippen molar-refractivity contribution in [1.82, 2.24) is 10.2 Å². The molecule has 3 aliphatic rings. The summed E-state index contributed by atoms with van der Waals surface area (Å²) in [5.41, 5.74) is 2.35. The Hall–Kier alpha value is -1.00. The normalized spacial score (nSPS) is 31.0. The number of amides is 1. The third-order valence-corrected chi connectivity index (χ3v) is 5.78. The van der Waals surface area contributed by atoms with Crippen LogP contribution in [-0.4, -0.2) is 42.3 Å². The van der Waals surface area contributed by atoms with Gasteiger partial charge in [0.2, 0.25) is 0 Å². The molecule has 3 atom stereocenters.